The number of hydrogen-bond donors (Lipinski definition) is 0. The molecular formula is C12H7BrClF. The summed E-state index contributed by atoms with van der Waals surface area (Å²) in [7, 11) is 0. The Morgan fingerprint density at radius 3 is 2.27 bits per heavy atom. The van der Waals surface area contributed by atoms with Crippen molar-refractivity contribution >= 4 is 27.5 Å². The van der Waals surface area contributed by atoms with Crippen molar-refractivity contribution < 1.29 is 4.39 Å². The second-order valence-corrected chi connectivity index (χ2v) is 4.43. The van der Waals surface area contributed by atoms with Gasteiger partial charge in [0.05, 0.1) is 5.02 Å². The lowest BCUT2D eigenvalue weighted by Crippen LogP contribution is -1.85. The summed E-state index contributed by atoms with van der Waals surface area (Å²) in [5.74, 6) is -0.301. The molecule has 0 aliphatic rings. The van der Waals surface area contributed by atoms with Gasteiger partial charge < -0.3 is 0 Å². The fourth-order valence-electron chi connectivity index (χ4n) is 1.39. The van der Waals surface area contributed by atoms with Crippen LogP contribution in [0.1, 0.15) is 0 Å². The minimum Gasteiger partial charge on any atom is -0.206 e. The van der Waals surface area contributed by atoms with Gasteiger partial charge in [-0.25, -0.2) is 4.39 Å². The molecule has 3 heteroatoms. The van der Waals surface area contributed by atoms with Crippen LogP contribution in [0.3, 0.4) is 0 Å². The van der Waals surface area contributed by atoms with Crippen LogP contribution in [0.5, 0.6) is 0 Å². The summed E-state index contributed by atoms with van der Waals surface area (Å²) in [6.45, 7) is 0. The molecule has 0 aromatic heterocycles. The van der Waals surface area contributed by atoms with Crippen molar-refractivity contribution in [3.8, 4) is 11.1 Å². The molecule has 0 amide bonds. The molecule has 2 aromatic carbocycles. The summed E-state index contributed by atoms with van der Waals surface area (Å²) < 4.78 is 14.5. The molecule has 0 saturated carbocycles. The van der Waals surface area contributed by atoms with Crippen LogP contribution in [0.15, 0.2) is 46.9 Å². The molecule has 0 radical (unpaired) electrons. The Balaban J connectivity index is 2.58. The third-order valence-electron chi connectivity index (χ3n) is 2.10. The smallest absolute Gasteiger partial charge is 0.132 e. The number of halogens is 3. The van der Waals surface area contributed by atoms with E-state index in [-0.39, 0.29) is 5.82 Å². The summed E-state index contributed by atoms with van der Waals surface area (Å²) in [6.07, 6.45) is 0. The highest BCUT2D eigenvalue weighted by Crippen LogP contribution is 2.30. The Hall–Kier alpha value is -0.860. The molecule has 0 saturated heterocycles. The van der Waals surface area contributed by atoms with Gasteiger partial charge in [-0.1, -0.05) is 45.7 Å². The van der Waals surface area contributed by atoms with Crippen LogP contribution in [0.4, 0.5) is 4.39 Å². The van der Waals surface area contributed by atoms with E-state index in [1.165, 1.54) is 6.07 Å². The van der Waals surface area contributed by atoms with Gasteiger partial charge in [0.15, 0.2) is 0 Å². The molecule has 0 N–H and O–H groups in total. The first kappa shape index (κ1) is 10.7. The van der Waals surface area contributed by atoms with E-state index in [2.05, 4.69) is 15.9 Å². The Labute approximate surface area is 101 Å². The van der Waals surface area contributed by atoms with E-state index in [4.69, 9.17) is 11.6 Å². The number of rotatable bonds is 1. The van der Waals surface area contributed by atoms with Gasteiger partial charge in [-0.15, -0.1) is 0 Å². The molecule has 0 spiro atoms. The zero-order chi connectivity index (χ0) is 10.8. The summed E-state index contributed by atoms with van der Waals surface area (Å²) in [4.78, 5) is 0. The first-order valence-electron chi connectivity index (χ1n) is 4.38. The zero-order valence-electron chi connectivity index (χ0n) is 7.68. The first-order valence-corrected chi connectivity index (χ1v) is 5.55. The lowest BCUT2D eigenvalue weighted by atomic mass is 10.1. The standard InChI is InChI=1S/C12H7BrClF/c13-9-6-4-8(5-7-9)12-10(14)2-1-3-11(12)15/h1-7H. The molecule has 2 rings (SSSR count). The van der Waals surface area contributed by atoms with Crippen LogP contribution >= 0.6 is 27.5 Å². The summed E-state index contributed by atoms with van der Waals surface area (Å²) in [5, 5.41) is 0.428. The fourth-order valence-corrected chi connectivity index (χ4v) is 1.93. The molecule has 76 valence electrons. The van der Waals surface area contributed by atoms with Crippen LogP contribution in [0, 0.1) is 5.82 Å². The van der Waals surface area contributed by atoms with Crippen LogP contribution < -0.4 is 0 Å². The van der Waals surface area contributed by atoms with Crippen molar-refractivity contribution in [2.24, 2.45) is 0 Å². The van der Waals surface area contributed by atoms with E-state index in [0.29, 0.717) is 10.6 Å². The van der Waals surface area contributed by atoms with Gasteiger partial charge in [0.25, 0.3) is 0 Å². The molecule has 0 heterocycles. The highest BCUT2D eigenvalue weighted by atomic mass is 79.9. The molecule has 0 aliphatic heterocycles. The maximum absolute atomic E-state index is 13.5. The van der Waals surface area contributed by atoms with E-state index in [9.17, 15) is 4.39 Å². The van der Waals surface area contributed by atoms with E-state index in [1.54, 1.807) is 12.1 Å². The first-order chi connectivity index (χ1) is 7.18. The molecule has 2 aromatic rings. The molecule has 0 bridgehead atoms. The Morgan fingerprint density at radius 2 is 1.67 bits per heavy atom. The third-order valence-corrected chi connectivity index (χ3v) is 2.94. The molecular weight excluding hydrogens is 278 g/mol. The predicted molar refractivity (Wildman–Crippen MR) is 64.5 cm³/mol. The number of benzene rings is 2. The third kappa shape index (κ3) is 2.21. The van der Waals surface area contributed by atoms with Gasteiger partial charge in [0, 0.05) is 10.0 Å². The lowest BCUT2D eigenvalue weighted by molar-refractivity contribution is 0.631. The van der Waals surface area contributed by atoms with E-state index >= 15 is 0 Å². The maximum atomic E-state index is 13.5. The fraction of sp³-hybridized carbons (Fsp3) is 0. The predicted octanol–water partition coefficient (Wildman–Crippen LogP) is 4.91. The molecule has 0 fully saturated rings. The van der Waals surface area contributed by atoms with Crippen molar-refractivity contribution in [1.29, 1.82) is 0 Å². The van der Waals surface area contributed by atoms with Crippen molar-refractivity contribution in [3.63, 3.8) is 0 Å². The number of hydrogen-bond acceptors (Lipinski definition) is 0. The van der Waals surface area contributed by atoms with Gasteiger partial charge >= 0.3 is 0 Å². The Morgan fingerprint density at radius 1 is 1.00 bits per heavy atom. The second kappa shape index (κ2) is 4.33. The van der Waals surface area contributed by atoms with Crippen molar-refractivity contribution in [1.82, 2.24) is 0 Å². The second-order valence-electron chi connectivity index (χ2n) is 3.10. The van der Waals surface area contributed by atoms with Gasteiger partial charge in [0.2, 0.25) is 0 Å². The maximum Gasteiger partial charge on any atom is 0.132 e. The molecule has 15 heavy (non-hydrogen) atoms. The van der Waals surface area contributed by atoms with Crippen LogP contribution in [0.25, 0.3) is 11.1 Å². The van der Waals surface area contributed by atoms with E-state index in [1.807, 2.05) is 24.3 Å². The summed E-state index contributed by atoms with van der Waals surface area (Å²) in [5.41, 5.74) is 1.23. The topological polar surface area (TPSA) is 0 Å². The minimum atomic E-state index is -0.301. The van der Waals surface area contributed by atoms with Crippen LogP contribution in [-0.2, 0) is 0 Å². The van der Waals surface area contributed by atoms with Gasteiger partial charge in [-0.05, 0) is 29.8 Å². The normalized spacial score (nSPS) is 10.3. The molecule has 0 atom stereocenters. The van der Waals surface area contributed by atoms with Crippen molar-refractivity contribution in [3.05, 3.63) is 57.8 Å². The van der Waals surface area contributed by atoms with Gasteiger partial charge in [-0.3, -0.25) is 0 Å². The zero-order valence-corrected chi connectivity index (χ0v) is 10.0. The van der Waals surface area contributed by atoms with E-state index in [0.717, 1.165) is 10.0 Å². The van der Waals surface area contributed by atoms with E-state index < -0.39 is 0 Å². The SMILES string of the molecule is Fc1cccc(Cl)c1-c1ccc(Br)cc1. The molecule has 0 aliphatic carbocycles. The van der Waals surface area contributed by atoms with Gasteiger partial charge in [0.1, 0.15) is 5.82 Å². The highest BCUT2D eigenvalue weighted by Gasteiger charge is 2.08. The average Bonchev–Trinajstić information content (AvgIpc) is 2.20. The largest absolute Gasteiger partial charge is 0.206 e. The summed E-state index contributed by atoms with van der Waals surface area (Å²) >= 11 is 9.28. The van der Waals surface area contributed by atoms with Crippen LogP contribution in [0.2, 0.25) is 5.02 Å². The lowest BCUT2D eigenvalue weighted by Gasteiger charge is -2.05. The average molecular weight is 286 g/mol. The Kier molecular flexibility index (Phi) is 3.08. The van der Waals surface area contributed by atoms with Crippen molar-refractivity contribution in [2.45, 2.75) is 0 Å². The quantitative estimate of drug-likeness (QED) is 0.698. The van der Waals surface area contributed by atoms with Gasteiger partial charge in [-0.2, -0.15) is 0 Å². The molecule has 0 unspecified atom stereocenters. The monoisotopic (exact) mass is 284 g/mol. The Bertz CT molecular complexity index is 459. The summed E-state index contributed by atoms with van der Waals surface area (Å²) in [6, 6.07) is 12.1. The van der Waals surface area contributed by atoms with Crippen LogP contribution in [-0.4, -0.2) is 0 Å². The minimum absolute atomic E-state index is 0.301. The van der Waals surface area contributed by atoms with Crippen molar-refractivity contribution in [2.75, 3.05) is 0 Å². The molecule has 0 nitrogen and oxygen atoms in total. The highest BCUT2D eigenvalue weighted by molar-refractivity contribution is 9.10.